The van der Waals surface area contributed by atoms with Gasteiger partial charge in [-0.1, -0.05) is 23.7 Å². The van der Waals surface area contributed by atoms with Gasteiger partial charge in [-0.25, -0.2) is 17.6 Å². The zero-order chi connectivity index (χ0) is 18.2. The Morgan fingerprint density at radius 3 is 1.88 bits per heavy atom. The summed E-state index contributed by atoms with van der Waals surface area (Å²) in [7, 11) is 0. The lowest BCUT2D eigenvalue weighted by molar-refractivity contribution is -0.143. The molecule has 0 fully saturated rings. The second-order valence-electron chi connectivity index (χ2n) is 4.44. The zero-order valence-electron chi connectivity index (χ0n) is 11.2. The minimum atomic E-state index is -5.67. The first-order chi connectivity index (χ1) is 11.1. The second-order valence-corrected chi connectivity index (χ2v) is 4.84. The monoisotopic (exact) mass is 371 g/mol. The number of halogens is 8. The SMILES string of the molecule is O=C(Nc1c(F)c(F)c(C(F)(F)F)c(F)c1F)c1ccccc1Cl. The Bertz CT molecular complexity index is 790. The van der Waals surface area contributed by atoms with Crippen molar-refractivity contribution in [2.75, 3.05) is 5.32 Å². The summed E-state index contributed by atoms with van der Waals surface area (Å²) in [6.45, 7) is 0. The van der Waals surface area contributed by atoms with Crippen molar-refractivity contribution in [3.8, 4) is 0 Å². The van der Waals surface area contributed by atoms with Crippen LogP contribution in [0.25, 0.3) is 0 Å². The van der Waals surface area contributed by atoms with E-state index in [1.807, 2.05) is 0 Å². The van der Waals surface area contributed by atoms with E-state index < -0.39 is 46.6 Å². The first-order valence-corrected chi connectivity index (χ1v) is 6.42. The Kier molecular flexibility index (Phi) is 4.75. The number of rotatable bonds is 2. The molecule has 0 aliphatic rings. The molecule has 2 nitrogen and oxygen atoms in total. The molecule has 10 heteroatoms. The molecule has 0 aliphatic carbocycles. The first-order valence-electron chi connectivity index (χ1n) is 6.04. The van der Waals surface area contributed by atoms with Crippen LogP contribution in [0.2, 0.25) is 5.02 Å². The molecule has 1 amide bonds. The maximum atomic E-state index is 13.7. The van der Waals surface area contributed by atoms with E-state index in [0.717, 1.165) is 6.07 Å². The highest BCUT2D eigenvalue weighted by molar-refractivity contribution is 6.34. The molecule has 0 radical (unpaired) electrons. The van der Waals surface area contributed by atoms with Crippen LogP contribution in [0.15, 0.2) is 24.3 Å². The lowest BCUT2D eigenvalue weighted by Gasteiger charge is -2.14. The summed E-state index contributed by atoms with van der Waals surface area (Å²) < 4.78 is 91.7. The van der Waals surface area contributed by atoms with Gasteiger partial charge in [-0.05, 0) is 12.1 Å². The highest BCUT2D eigenvalue weighted by Crippen LogP contribution is 2.38. The maximum absolute atomic E-state index is 13.7. The third-order valence-electron chi connectivity index (χ3n) is 2.90. The normalized spacial score (nSPS) is 11.5. The molecule has 0 aliphatic heterocycles. The summed E-state index contributed by atoms with van der Waals surface area (Å²) in [5.74, 6) is -11.4. The maximum Gasteiger partial charge on any atom is 0.422 e. The Morgan fingerprint density at radius 1 is 0.917 bits per heavy atom. The predicted octanol–water partition coefficient (Wildman–Crippen LogP) is 5.17. The van der Waals surface area contributed by atoms with Crippen molar-refractivity contribution in [3.05, 3.63) is 63.7 Å². The van der Waals surface area contributed by atoms with Gasteiger partial charge < -0.3 is 5.32 Å². The molecule has 0 spiro atoms. The third kappa shape index (κ3) is 3.16. The van der Waals surface area contributed by atoms with E-state index >= 15 is 0 Å². The van der Waals surface area contributed by atoms with Crippen LogP contribution in [0.4, 0.5) is 36.4 Å². The summed E-state index contributed by atoms with van der Waals surface area (Å²) in [6.07, 6.45) is -5.67. The fourth-order valence-electron chi connectivity index (χ4n) is 1.82. The van der Waals surface area contributed by atoms with E-state index in [1.165, 1.54) is 23.5 Å². The molecule has 2 rings (SSSR count). The van der Waals surface area contributed by atoms with Gasteiger partial charge in [0.05, 0.1) is 10.6 Å². The number of nitrogens with one attached hydrogen (secondary N) is 1. The van der Waals surface area contributed by atoms with Gasteiger partial charge >= 0.3 is 6.18 Å². The minimum Gasteiger partial charge on any atom is -0.317 e. The van der Waals surface area contributed by atoms with Gasteiger partial charge in [0.2, 0.25) is 0 Å². The molecule has 128 valence electrons. The van der Waals surface area contributed by atoms with Crippen molar-refractivity contribution in [2.45, 2.75) is 6.18 Å². The third-order valence-corrected chi connectivity index (χ3v) is 3.23. The number of amides is 1. The number of benzene rings is 2. The number of anilines is 1. The molecular formula is C14H5ClF7NO. The highest BCUT2D eigenvalue weighted by atomic mass is 35.5. The Morgan fingerprint density at radius 2 is 1.42 bits per heavy atom. The van der Waals surface area contributed by atoms with Crippen LogP contribution >= 0.6 is 11.6 Å². The van der Waals surface area contributed by atoms with Crippen LogP contribution in [0.3, 0.4) is 0 Å². The molecular weight excluding hydrogens is 367 g/mol. The molecule has 2 aromatic rings. The van der Waals surface area contributed by atoms with Gasteiger partial charge in [0, 0.05) is 0 Å². The number of hydrogen-bond donors (Lipinski definition) is 1. The Labute approximate surface area is 134 Å². The van der Waals surface area contributed by atoms with Gasteiger partial charge in [-0.2, -0.15) is 13.2 Å². The van der Waals surface area contributed by atoms with E-state index in [9.17, 15) is 35.5 Å². The van der Waals surface area contributed by atoms with Crippen molar-refractivity contribution < 1.29 is 35.5 Å². The molecule has 0 heterocycles. The van der Waals surface area contributed by atoms with Crippen LogP contribution < -0.4 is 5.32 Å². The number of hydrogen-bond acceptors (Lipinski definition) is 1. The molecule has 2 aromatic carbocycles. The van der Waals surface area contributed by atoms with E-state index in [1.54, 1.807) is 0 Å². The van der Waals surface area contributed by atoms with E-state index in [0.29, 0.717) is 0 Å². The predicted molar refractivity (Wildman–Crippen MR) is 70.7 cm³/mol. The summed E-state index contributed by atoms with van der Waals surface area (Å²) in [6, 6.07) is 5.14. The van der Waals surface area contributed by atoms with Crippen molar-refractivity contribution in [3.63, 3.8) is 0 Å². The van der Waals surface area contributed by atoms with Gasteiger partial charge in [-0.15, -0.1) is 0 Å². The Balaban J connectivity index is 2.53. The number of carbonyl (C=O) groups is 1. The molecule has 0 bridgehead atoms. The second kappa shape index (κ2) is 6.31. The van der Waals surface area contributed by atoms with Crippen LogP contribution in [-0.4, -0.2) is 5.91 Å². The van der Waals surface area contributed by atoms with Crippen LogP contribution in [0.5, 0.6) is 0 Å². The van der Waals surface area contributed by atoms with E-state index in [-0.39, 0.29) is 10.6 Å². The average molecular weight is 372 g/mol. The molecule has 0 unspecified atom stereocenters. The standard InChI is InChI=1S/C14H5ClF7NO/c15-6-4-2-1-3-5(6)13(24)23-12-10(18)8(16)7(14(20,21)22)9(17)11(12)19/h1-4H,(H,23,24). The largest absolute Gasteiger partial charge is 0.422 e. The lowest BCUT2D eigenvalue weighted by atomic mass is 10.1. The first kappa shape index (κ1) is 18.1. The molecule has 24 heavy (non-hydrogen) atoms. The molecule has 0 saturated heterocycles. The molecule has 1 N–H and O–H groups in total. The van der Waals surface area contributed by atoms with Gasteiger partial charge in [-0.3, -0.25) is 4.79 Å². The summed E-state index contributed by atoms with van der Waals surface area (Å²) in [4.78, 5) is 11.8. The van der Waals surface area contributed by atoms with Crippen molar-refractivity contribution >= 4 is 23.2 Å². The highest BCUT2D eigenvalue weighted by Gasteiger charge is 2.42. The fraction of sp³-hybridized carbons (Fsp3) is 0.0714. The lowest BCUT2D eigenvalue weighted by Crippen LogP contribution is -2.20. The van der Waals surface area contributed by atoms with Gasteiger partial charge in [0.15, 0.2) is 23.3 Å². The van der Waals surface area contributed by atoms with E-state index in [2.05, 4.69) is 0 Å². The molecule has 0 saturated carbocycles. The summed E-state index contributed by atoms with van der Waals surface area (Å²) in [5, 5.41) is 1.33. The Hall–Kier alpha value is -2.29. The van der Waals surface area contributed by atoms with Crippen LogP contribution in [0, 0.1) is 23.3 Å². The fourth-order valence-corrected chi connectivity index (χ4v) is 2.04. The van der Waals surface area contributed by atoms with Crippen LogP contribution in [-0.2, 0) is 6.18 Å². The van der Waals surface area contributed by atoms with Crippen molar-refractivity contribution in [1.29, 1.82) is 0 Å². The summed E-state index contributed by atoms with van der Waals surface area (Å²) in [5.41, 5.74) is -4.73. The van der Waals surface area contributed by atoms with Gasteiger partial charge in [0.1, 0.15) is 11.3 Å². The van der Waals surface area contributed by atoms with Crippen molar-refractivity contribution in [1.82, 2.24) is 0 Å². The van der Waals surface area contributed by atoms with Crippen molar-refractivity contribution in [2.24, 2.45) is 0 Å². The minimum absolute atomic E-state index is 0.149. The smallest absolute Gasteiger partial charge is 0.317 e. The molecule has 0 atom stereocenters. The average Bonchev–Trinajstić information content (AvgIpc) is 2.48. The molecule has 0 aromatic heterocycles. The number of alkyl halides is 3. The number of carbonyl (C=O) groups excluding carboxylic acids is 1. The quantitative estimate of drug-likeness (QED) is 0.573. The topological polar surface area (TPSA) is 29.1 Å². The van der Waals surface area contributed by atoms with Crippen LogP contribution in [0.1, 0.15) is 15.9 Å². The van der Waals surface area contributed by atoms with E-state index in [4.69, 9.17) is 11.6 Å². The van der Waals surface area contributed by atoms with Gasteiger partial charge in [0.25, 0.3) is 5.91 Å². The summed E-state index contributed by atoms with van der Waals surface area (Å²) >= 11 is 5.67. The zero-order valence-corrected chi connectivity index (χ0v) is 12.0.